The van der Waals surface area contributed by atoms with Crippen LogP contribution in [0.2, 0.25) is 5.02 Å². The van der Waals surface area contributed by atoms with E-state index in [0.717, 1.165) is 12.1 Å². The summed E-state index contributed by atoms with van der Waals surface area (Å²) in [7, 11) is 0. The number of nitrogens with one attached hydrogen (secondary N) is 1. The number of carbonyl (C=O) groups is 1. The molecule has 0 spiro atoms. The van der Waals surface area contributed by atoms with Gasteiger partial charge in [-0.1, -0.05) is 29.8 Å². The van der Waals surface area contributed by atoms with Crippen LogP contribution in [0.3, 0.4) is 0 Å². The zero-order valence-electron chi connectivity index (χ0n) is 11.3. The first-order valence-corrected chi connectivity index (χ1v) is 7.07. The van der Waals surface area contributed by atoms with Crippen LogP contribution in [0.5, 0.6) is 0 Å². The number of fused-ring (bicyclic) bond motifs is 1. The summed E-state index contributed by atoms with van der Waals surface area (Å²) in [6, 6.07) is 11.3. The number of pyridine rings is 1. The lowest BCUT2D eigenvalue weighted by Crippen LogP contribution is -2.35. The molecule has 1 aliphatic heterocycles. The van der Waals surface area contributed by atoms with Crippen molar-refractivity contribution >= 4 is 29.0 Å². The Bertz CT molecular complexity index is 689. The van der Waals surface area contributed by atoms with Crippen LogP contribution in [0.1, 0.15) is 17.7 Å². The average molecular weight is 303 g/mol. The van der Waals surface area contributed by atoms with E-state index in [-0.39, 0.29) is 5.91 Å². The second-order valence-electron chi connectivity index (χ2n) is 4.88. The van der Waals surface area contributed by atoms with E-state index in [0.29, 0.717) is 29.5 Å². The number of amides is 1. The summed E-state index contributed by atoms with van der Waals surface area (Å²) in [6.45, 7) is 0.338. The molecule has 3 N–H and O–H groups in total. The number of nitrogens with zero attached hydrogens (tertiary/aromatic N) is 2. The molecule has 3 rings (SSSR count). The molecule has 108 valence electrons. The summed E-state index contributed by atoms with van der Waals surface area (Å²) in [4.78, 5) is 18.3. The van der Waals surface area contributed by atoms with E-state index >= 15 is 0 Å². The van der Waals surface area contributed by atoms with Gasteiger partial charge in [0, 0.05) is 12.1 Å². The quantitative estimate of drug-likeness (QED) is 0.675. The van der Waals surface area contributed by atoms with E-state index in [1.165, 1.54) is 5.56 Å². The fourth-order valence-corrected chi connectivity index (χ4v) is 2.66. The van der Waals surface area contributed by atoms with Crippen LogP contribution >= 0.6 is 11.6 Å². The monoisotopic (exact) mass is 302 g/mol. The van der Waals surface area contributed by atoms with Crippen LogP contribution in [0.25, 0.3) is 0 Å². The number of halogens is 1. The maximum atomic E-state index is 12.2. The van der Waals surface area contributed by atoms with Gasteiger partial charge in [0.05, 0.1) is 17.3 Å². The molecular weight excluding hydrogens is 288 g/mol. The molecule has 0 saturated carbocycles. The first kappa shape index (κ1) is 13.9. The molecule has 21 heavy (non-hydrogen) atoms. The lowest BCUT2D eigenvalue weighted by molar-refractivity contribution is -0.119. The third-order valence-corrected chi connectivity index (χ3v) is 3.91. The van der Waals surface area contributed by atoms with Crippen molar-refractivity contribution in [2.24, 2.45) is 5.84 Å². The standard InChI is InChI=1S/C15H15ClN4O/c16-11-6-7-14(19-17)18-12(11)9-20-13-4-2-1-3-10(13)5-8-15(20)21/h1-4,6-7H,5,8-9,17H2,(H,18,19). The Labute approximate surface area is 127 Å². The summed E-state index contributed by atoms with van der Waals surface area (Å²) in [5.41, 5.74) is 5.21. The highest BCUT2D eigenvalue weighted by Crippen LogP contribution is 2.30. The van der Waals surface area contributed by atoms with Crippen LogP contribution in [0.15, 0.2) is 36.4 Å². The van der Waals surface area contributed by atoms with Crippen molar-refractivity contribution in [1.29, 1.82) is 0 Å². The summed E-state index contributed by atoms with van der Waals surface area (Å²) in [5.74, 6) is 5.97. The van der Waals surface area contributed by atoms with Crippen molar-refractivity contribution in [3.8, 4) is 0 Å². The first-order valence-electron chi connectivity index (χ1n) is 6.69. The number of carbonyl (C=O) groups excluding carboxylic acids is 1. The van der Waals surface area contributed by atoms with Gasteiger partial charge in [0.1, 0.15) is 5.82 Å². The first-order chi connectivity index (χ1) is 10.2. The van der Waals surface area contributed by atoms with Crippen LogP contribution in [-0.2, 0) is 17.8 Å². The number of anilines is 2. The molecule has 0 radical (unpaired) electrons. The minimum Gasteiger partial charge on any atom is -0.308 e. The summed E-state index contributed by atoms with van der Waals surface area (Å²) in [6.07, 6.45) is 1.28. The second kappa shape index (κ2) is 5.71. The molecular formula is C15H15ClN4O. The minimum absolute atomic E-state index is 0.0812. The third kappa shape index (κ3) is 2.70. The van der Waals surface area contributed by atoms with E-state index in [9.17, 15) is 4.79 Å². The fourth-order valence-electron chi connectivity index (χ4n) is 2.50. The second-order valence-corrected chi connectivity index (χ2v) is 5.29. The van der Waals surface area contributed by atoms with Crippen molar-refractivity contribution in [1.82, 2.24) is 4.98 Å². The van der Waals surface area contributed by atoms with E-state index in [2.05, 4.69) is 10.4 Å². The molecule has 6 heteroatoms. The van der Waals surface area contributed by atoms with Gasteiger partial charge in [-0.05, 0) is 30.2 Å². The van der Waals surface area contributed by atoms with Gasteiger partial charge in [0.25, 0.3) is 0 Å². The molecule has 1 amide bonds. The number of aromatic nitrogens is 1. The van der Waals surface area contributed by atoms with Crippen molar-refractivity contribution < 1.29 is 4.79 Å². The van der Waals surface area contributed by atoms with E-state index in [1.54, 1.807) is 17.0 Å². The van der Waals surface area contributed by atoms with Crippen molar-refractivity contribution in [3.63, 3.8) is 0 Å². The maximum Gasteiger partial charge on any atom is 0.227 e. The predicted molar refractivity (Wildman–Crippen MR) is 83.0 cm³/mol. The fraction of sp³-hybridized carbons (Fsp3) is 0.200. The van der Waals surface area contributed by atoms with E-state index in [1.807, 2.05) is 24.3 Å². The molecule has 0 atom stereocenters. The maximum absolute atomic E-state index is 12.2. The molecule has 0 saturated heterocycles. The predicted octanol–water partition coefficient (Wildman–Crippen LogP) is 2.50. The molecule has 0 aliphatic carbocycles. The number of hydrazine groups is 1. The van der Waals surface area contributed by atoms with Gasteiger partial charge in [-0.2, -0.15) is 0 Å². The number of benzene rings is 1. The van der Waals surface area contributed by atoms with Crippen LogP contribution < -0.4 is 16.2 Å². The number of rotatable bonds is 3. The van der Waals surface area contributed by atoms with Gasteiger partial charge in [0.2, 0.25) is 5.91 Å². The number of nitrogens with two attached hydrogens (primary N) is 1. The van der Waals surface area contributed by atoms with Crippen LogP contribution in [0.4, 0.5) is 11.5 Å². The molecule has 0 fully saturated rings. The Morgan fingerprint density at radius 3 is 2.86 bits per heavy atom. The molecule has 1 aliphatic rings. The van der Waals surface area contributed by atoms with Gasteiger partial charge in [-0.25, -0.2) is 10.8 Å². The Hall–Kier alpha value is -2.11. The zero-order chi connectivity index (χ0) is 14.8. The van der Waals surface area contributed by atoms with Gasteiger partial charge >= 0.3 is 0 Å². The summed E-state index contributed by atoms with van der Waals surface area (Å²) < 4.78 is 0. The number of aryl methyl sites for hydroxylation is 1. The molecule has 2 heterocycles. The zero-order valence-corrected chi connectivity index (χ0v) is 12.1. The lowest BCUT2D eigenvalue weighted by atomic mass is 10.0. The average Bonchev–Trinajstić information content (AvgIpc) is 2.52. The normalized spacial score (nSPS) is 14.0. The third-order valence-electron chi connectivity index (χ3n) is 3.57. The molecule has 5 nitrogen and oxygen atoms in total. The Kier molecular flexibility index (Phi) is 3.77. The van der Waals surface area contributed by atoms with Gasteiger partial charge in [0.15, 0.2) is 0 Å². The molecule has 1 aromatic heterocycles. The topological polar surface area (TPSA) is 71.2 Å². The Balaban J connectivity index is 1.96. The van der Waals surface area contributed by atoms with E-state index < -0.39 is 0 Å². The van der Waals surface area contributed by atoms with Crippen molar-refractivity contribution in [2.45, 2.75) is 19.4 Å². The number of hydrogen-bond acceptors (Lipinski definition) is 4. The molecule has 1 aromatic carbocycles. The van der Waals surface area contributed by atoms with Crippen LogP contribution in [-0.4, -0.2) is 10.9 Å². The Morgan fingerprint density at radius 2 is 2.05 bits per heavy atom. The number of nitrogen functional groups attached to an aromatic ring is 1. The SMILES string of the molecule is NNc1ccc(Cl)c(CN2C(=O)CCc3ccccc32)n1. The van der Waals surface area contributed by atoms with Crippen molar-refractivity contribution in [2.75, 3.05) is 10.3 Å². The van der Waals surface area contributed by atoms with E-state index in [4.69, 9.17) is 17.4 Å². The van der Waals surface area contributed by atoms with Gasteiger partial charge in [-0.3, -0.25) is 4.79 Å². The van der Waals surface area contributed by atoms with Crippen molar-refractivity contribution in [3.05, 3.63) is 52.7 Å². The summed E-state index contributed by atoms with van der Waals surface area (Å²) in [5, 5.41) is 0.518. The number of hydrogen-bond donors (Lipinski definition) is 2. The number of para-hydroxylation sites is 1. The Morgan fingerprint density at radius 1 is 1.24 bits per heavy atom. The van der Waals surface area contributed by atoms with Crippen LogP contribution in [0, 0.1) is 0 Å². The highest BCUT2D eigenvalue weighted by atomic mass is 35.5. The molecule has 0 unspecified atom stereocenters. The summed E-state index contributed by atoms with van der Waals surface area (Å²) >= 11 is 6.18. The van der Waals surface area contributed by atoms with Gasteiger partial charge < -0.3 is 10.3 Å². The highest BCUT2D eigenvalue weighted by molar-refractivity contribution is 6.31. The largest absolute Gasteiger partial charge is 0.308 e. The smallest absolute Gasteiger partial charge is 0.227 e. The molecule has 0 bridgehead atoms. The highest BCUT2D eigenvalue weighted by Gasteiger charge is 2.24. The minimum atomic E-state index is 0.0812. The molecule has 2 aromatic rings. The lowest BCUT2D eigenvalue weighted by Gasteiger charge is -2.29. The van der Waals surface area contributed by atoms with Gasteiger partial charge in [-0.15, -0.1) is 0 Å².